The first-order valence-electron chi connectivity index (χ1n) is 9.13. The predicted octanol–water partition coefficient (Wildman–Crippen LogP) is 3.98. The van der Waals surface area contributed by atoms with Gasteiger partial charge in [-0.15, -0.1) is 0 Å². The molecule has 0 radical (unpaired) electrons. The second-order valence-electron chi connectivity index (χ2n) is 8.84. The monoisotopic (exact) mass is 302 g/mol. The van der Waals surface area contributed by atoms with Crippen LogP contribution in [-0.4, -0.2) is 21.9 Å². The summed E-state index contributed by atoms with van der Waals surface area (Å²) in [6, 6.07) is 0. The molecule has 2 N–H and O–H groups in total. The van der Waals surface area contributed by atoms with Crippen LogP contribution in [0.1, 0.15) is 65.2 Å². The van der Waals surface area contributed by atoms with E-state index in [-0.39, 0.29) is 11.5 Å². The number of fused-ring (bicyclic) bond motifs is 4. The molecule has 2 heteroatoms. The van der Waals surface area contributed by atoms with Crippen molar-refractivity contribution in [2.75, 3.05) is 0 Å². The van der Waals surface area contributed by atoms with Gasteiger partial charge >= 0.3 is 0 Å². The lowest BCUT2D eigenvalue weighted by Gasteiger charge is -2.48. The van der Waals surface area contributed by atoms with Gasteiger partial charge in [-0.05, 0) is 75.5 Å². The van der Waals surface area contributed by atoms with Crippen LogP contribution in [0, 0.1) is 23.2 Å². The zero-order valence-electron chi connectivity index (χ0n) is 14.1. The van der Waals surface area contributed by atoms with Gasteiger partial charge in [0.25, 0.3) is 0 Å². The molecule has 4 aliphatic rings. The summed E-state index contributed by atoms with van der Waals surface area (Å²) in [6.45, 7) is 8.71. The first-order chi connectivity index (χ1) is 10.3. The summed E-state index contributed by atoms with van der Waals surface area (Å²) in [5.74, 6) is 1.83. The van der Waals surface area contributed by atoms with Crippen LogP contribution in [0.5, 0.6) is 0 Å². The first kappa shape index (κ1) is 15.0. The Kier molecular flexibility index (Phi) is 3.20. The van der Waals surface area contributed by atoms with Crippen molar-refractivity contribution >= 4 is 0 Å². The van der Waals surface area contributed by atoms with E-state index in [0.717, 1.165) is 38.5 Å². The minimum atomic E-state index is -0.494. The summed E-state index contributed by atoms with van der Waals surface area (Å²) in [5, 5.41) is 20.9. The van der Waals surface area contributed by atoms with Crippen LogP contribution in [0.25, 0.3) is 0 Å². The van der Waals surface area contributed by atoms with E-state index >= 15 is 0 Å². The van der Waals surface area contributed by atoms with Gasteiger partial charge in [0.1, 0.15) is 0 Å². The molecule has 122 valence electrons. The van der Waals surface area contributed by atoms with E-state index in [1.807, 2.05) is 0 Å². The molecule has 0 bridgehead atoms. The van der Waals surface area contributed by atoms with E-state index in [4.69, 9.17) is 0 Å². The smallest absolute Gasteiger partial charge is 0.0676 e. The Morgan fingerprint density at radius 3 is 2.64 bits per heavy atom. The molecule has 1 unspecified atom stereocenters. The topological polar surface area (TPSA) is 40.5 Å². The predicted molar refractivity (Wildman–Crippen MR) is 88.3 cm³/mol. The lowest BCUT2D eigenvalue weighted by atomic mass is 9.59. The Morgan fingerprint density at radius 2 is 1.86 bits per heavy atom. The molecule has 4 rings (SSSR count). The summed E-state index contributed by atoms with van der Waals surface area (Å²) in [5.41, 5.74) is 4.17. The highest BCUT2D eigenvalue weighted by Gasteiger charge is 2.59. The zero-order chi connectivity index (χ0) is 15.7. The number of hydrogen-bond acceptors (Lipinski definition) is 2. The maximum atomic E-state index is 10.9. The molecule has 3 fully saturated rings. The Bertz CT molecular complexity index is 544. The highest BCUT2D eigenvalue weighted by Crippen LogP contribution is 2.65. The lowest BCUT2D eigenvalue weighted by molar-refractivity contribution is -0.0741. The van der Waals surface area contributed by atoms with E-state index in [0.29, 0.717) is 17.8 Å². The molecule has 6 atom stereocenters. The van der Waals surface area contributed by atoms with Gasteiger partial charge in [0.15, 0.2) is 0 Å². The van der Waals surface area contributed by atoms with E-state index in [1.165, 1.54) is 18.4 Å². The third-order valence-electron chi connectivity index (χ3n) is 7.90. The van der Waals surface area contributed by atoms with Crippen LogP contribution in [0.15, 0.2) is 23.3 Å². The Hall–Kier alpha value is -0.600. The van der Waals surface area contributed by atoms with Crippen LogP contribution in [0.4, 0.5) is 0 Å². The fourth-order valence-electron chi connectivity index (χ4n) is 6.30. The number of allylic oxidation sites excluding steroid dienone is 2. The third kappa shape index (κ3) is 1.86. The highest BCUT2D eigenvalue weighted by molar-refractivity contribution is 5.37. The van der Waals surface area contributed by atoms with Crippen molar-refractivity contribution in [1.82, 2.24) is 0 Å². The average Bonchev–Trinajstić information content (AvgIpc) is 2.87. The Balaban J connectivity index is 1.70. The van der Waals surface area contributed by atoms with E-state index in [1.54, 1.807) is 11.1 Å². The molecule has 22 heavy (non-hydrogen) atoms. The molecule has 4 aliphatic carbocycles. The minimum Gasteiger partial charge on any atom is -0.393 e. The standard InChI is InChI=1S/C20H30O2/c1-12-10-13(21)4-5-14-15-6-8-19(2)18(7-9-20(19,3)22)17(15)11-16(12)14/h13,16-18,21-22H,1,4-11H2,2-3H3/t13-,16+,17+,18-,19?,20-/m0/s1. The molecule has 0 aromatic carbocycles. The van der Waals surface area contributed by atoms with Gasteiger partial charge in [-0.25, -0.2) is 0 Å². The van der Waals surface area contributed by atoms with Crippen molar-refractivity contribution in [3.05, 3.63) is 23.3 Å². The molecule has 3 saturated carbocycles. The fourth-order valence-corrected chi connectivity index (χ4v) is 6.30. The molecule has 0 aromatic rings. The second kappa shape index (κ2) is 4.70. The molecular formula is C20H30O2. The Labute approximate surface area is 134 Å². The van der Waals surface area contributed by atoms with Crippen molar-refractivity contribution in [1.29, 1.82) is 0 Å². The van der Waals surface area contributed by atoms with Gasteiger partial charge in [0.2, 0.25) is 0 Å². The van der Waals surface area contributed by atoms with Crippen LogP contribution in [0.3, 0.4) is 0 Å². The number of aliphatic hydroxyl groups excluding tert-OH is 1. The molecule has 0 amide bonds. The van der Waals surface area contributed by atoms with E-state index < -0.39 is 5.60 Å². The lowest BCUT2D eigenvalue weighted by Crippen LogP contribution is -2.46. The van der Waals surface area contributed by atoms with Gasteiger partial charge in [-0.1, -0.05) is 30.2 Å². The number of hydrogen-bond donors (Lipinski definition) is 2. The van der Waals surface area contributed by atoms with E-state index in [9.17, 15) is 10.2 Å². The van der Waals surface area contributed by atoms with Gasteiger partial charge in [0.05, 0.1) is 11.7 Å². The largest absolute Gasteiger partial charge is 0.393 e. The summed E-state index contributed by atoms with van der Waals surface area (Å²) >= 11 is 0. The average molecular weight is 302 g/mol. The van der Waals surface area contributed by atoms with Crippen LogP contribution in [0.2, 0.25) is 0 Å². The number of aliphatic hydroxyl groups is 2. The molecule has 0 aromatic heterocycles. The minimum absolute atomic E-state index is 0.0894. The number of rotatable bonds is 0. The first-order valence-corrected chi connectivity index (χ1v) is 9.13. The van der Waals surface area contributed by atoms with Crippen molar-refractivity contribution in [2.24, 2.45) is 23.2 Å². The molecule has 0 aliphatic heterocycles. The summed E-state index contributed by atoms with van der Waals surface area (Å²) in [6.07, 6.45) is 8.18. The van der Waals surface area contributed by atoms with Crippen LogP contribution >= 0.6 is 0 Å². The van der Waals surface area contributed by atoms with Gasteiger partial charge < -0.3 is 10.2 Å². The van der Waals surface area contributed by atoms with Gasteiger partial charge in [-0.2, -0.15) is 0 Å². The van der Waals surface area contributed by atoms with Crippen molar-refractivity contribution in [2.45, 2.75) is 76.9 Å². The normalized spacial score (nSPS) is 51.4. The Morgan fingerprint density at radius 1 is 1.09 bits per heavy atom. The maximum Gasteiger partial charge on any atom is 0.0676 e. The SMILES string of the molecule is C=C1C[C@@H](O)CCC2=C3CCC4(C)[C@@H](CC[C@]4(C)O)[C@@H]3C[C@H]12. The summed E-state index contributed by atoms with van der Waals surface area (Å²) < 4.78 is 0. The summed E-state index contributed by atoms with van der Waals surface area (Å²) in [7, 11) is 0. The highest BCUT2D eigenvalue weighted by atomic mass is 16.3. The second-order valence-corrected chi connectivity index (χ2v) is 8.84. The maximum absolute atomic E-state index is 10.9. The van der Waals surface area contributed by atoms with Gasteiger partial charge in [-0.3, -0.25) is 0 Å². The molecular weight excluding hydrogens is 272 g/mol. The summed E-state index contributed by atoms with van der Waals surface area (Å²) in [4.78, 5) is 0. The fraction of sp³-hybridized carbons (Fsp3) is 0.800. The van der Waals surface area contributed by atoms with Crippen molar-refractivity contribution in [3.8, 4) is 0 Å². The zero-order valence-corrected chi connectivity index (χ0v) is 14.1. The molecule has 0 heterocycles. The van der Waals surface area contributed by atoms with Crippen LogP contribution < -0.4 is 0 Å². The van der Waals surface area contributed by atoms with Crippen molar-refractivity contribution < 1.29 is 10.2 Å². The van der Waals surface area contributed by atoms with Crippen LogP contribution in [-0.2, 0) is 0 Å². The van der Waals surface area contributed by atoms with E-state index in [2.05, 4.69) is 20.4 Å². The molecule has 0 saturated heterocycles. The third-order valence-corrected chi connectivity index (χ3v) is 7.90. The quantitative estimate of drug-likeness (QED) is 0.664. The van der Waals surface area contributed by atoms with Crippen molar-refractivity contribution in [3.63, 3.8) is 0 Å². The molecule has 2 nitrogen and oxygen atoms in total. The molecule has 0 spiro atoms. The van der Waals surface area contributed by atoms with Gasteiger partial charge in [0, 0.05) is 5.92 Å².